The second-order valence-corrected chi connectivity index (χ2v) is 21.3. The van der Waals surface area contributed by atoms with Crippen LogP contribution in [0.1, 0.15) is 342 Å². The molecular formula is C65H120O6. The van der Waals surface area contributed by atoms with Gasteiger partial charge in [0.05, 0.1) is 0 Å². The van der Waals surface area contributed by atoms with Gasteiger partial charge in [0.25, 0.3) is 0 Å². The van der Waals surface area contributed by atoms with Gasteiger partial charge in [-0.3, -0.25) is 14.4 Å². The van der Waals surface area contributed by atoms with E-state index in [9.17, 15) is 14.4 Å². The molecule has 0 aliphatic carbocycles. The Morgan fingerprint density at radius 2 is 0.507 bits per heavy atom. The highest BCUT2D eigenvalue weighted by molar-refractivity contribution is 5.71. The van der Waals surface area contributed by atoms with Gasteiger partial charge >= 0.3 is 17.9 Å². The lowest BCUT2D eigenvalue weighted by atomic mass is 10.0. The zero-order valence-corrected chi connectivity index (χ0v) is 47.8. The maximum absolute atomic E-state index is 12.9. The van der Waals surface area contributed by atoms with E-state index in [0.29, 0.717) is 19.3 Å². The third kappa shape index (κ3) is 58.4. The number of allylic oxidation sites excluding steroid dienone is 6. The van der Waals surface area contributed by atoms with Gasteiger partial charge in [-0.05, 0) is 77.0 Å². The fourth-order valence-corrected chi connectivity index (χ4v) is 9.35. The van der Waals surface area contributed by atoms with Crippen molar-refractivity contribution in [2.24, 2.45) is 0 Å². The summed E-state index contributed by atoms with van der Waals surface area (Å²) in [6, 6.07) is 0. The van der Waals surface area contributed by atoms with Crippen molar-refractivity contribution in [2.75, 3.05) is 13.2 Å². The number of ether oxygens (including phenoxy) is 3. The van der Waals surface area contributed by atoms with Gasteiger partial charge in [-0.25, -0.2) is 0 Å². The SMILES string of the molecule is CCCCC/C=C\C/C=C\CCCCCCCCCCCC(=O)O[C@H](COC(=O)CCCCCCC/C=C\CCCCCC)COC(=O)CCCCCCCCCCCCCCCCCCCCCCC. The number of carbonyl (C=O) groups excluding carboxylic acids is 3. The fourth-order valence-electron chi connectivity index (χ4n) is 9.35. The smallest absolute Gasteiger partial charge is 0.306 e. The summed E-state index contributed by atoms with van der Waals surface area (Å²) in [5.74, 6) is -0.864. The first kappa shape index (κ1) is 68.6. The van der Waals surface area contributed by atoms with Gasteiger partial charge in [-0.1, -0.05) is 282 Å². The second kappa shape index (κ2) is 60.2. The maximum atomic E-state index is 12.9. The molecule has 6 heteroatoms. The molecule has 0 unspecified atom stereocenters. The summed E-state index contributed by atoms with van der Waals surface area (Å²) in [5.41, 5.74) is 0. The lowest BCUT2D eigenvalue weighted by molar-refractivity contribution is -0.167. The number of hydrogen-bond donors (Lipinski definition) is 0. The standard InChI is InChI=1S/C65H120O6/c1-4-7-10-13-16-19-22-25-27-29-31-32-34-35-37-40-43-46-49-52-55-58-64(67)70-61-62(60-69-63(66)57-54-51-48-45-42-39-24-21-18-15-12-9-6-3)71-65(68)59-56-53-50-47-44-41-38-36-33-30-28-26-23-20-17-14-11-8-5-2/h17,20-21,24,26,28,62H,4-16,18-19,22-23,25,27,29-61H2,1-3H3/b20-17-,24-21-,28-26-/t62-/m1/s1. The van der Waals surface area contributed by atoms with E-state index < -0.39 is 6.10 Å². The van der Waals surface area contributed by atoms with Crippen LogP contribution in [-0.2, 0) is 28.6 Å². The highest BCUT2D eigenvalue weighted by Gasteiger charge is 2.19. The molecule has 0 spiro atoms. The Morgan fingerprint density at radius 1 is 0.282 bits per heavy atom. The van der Waals surface area contributed by atoms with Crippen molar-refractivity contribution in [1.29, 1.82) is 0 Å². The first-order valence-electron chi connectivity index (χ1n) is 31.5. The predicted molar refractivity (Wildman–Crippen MR) is 307 cm³/mol. The molecule has 0 saturated heterocycles. The zero-order chi connectivity index (χ0) is 51.4. The largest absolute Gasteiger partial charge is 0.462 e. The highest BCUT2D eigenvalue weighted by atomic mass is 16.6. The first-order chi connectivity index (χ1) is 35.0. The average molecular weight is 998 g/mol. The van der Waals surface area contributed by atoms with Crippen LogP contribution in [0.3, 0.4) is 0 Å². The third-order valence-electron chi connectivity index (χ3n) is 14.1. The van der Waals surface area contributed by atoms with Gasteiger partial charge < -0.3 is 14.2 Å². The van der Waals surface area contributed by atoms with Crippen LogP contribution >= 0.6 is 0 Å². The summed E-state index contributed by atoms with van der Waals surface area (Å²) in [6.45, 7) is 6.65. The molecule has 0 aromatic rings. The van der Waals surface area contributed by atoms with Crippen molar-refractivity contribution in [3.05, 3.63) is 36.5 Å². The van der Waals surface area contributed by atoms with Gasteiger partial charge in [0.15, 0.2) is 6.10 Å². The molecule has 1 atom stereocenters. The van der Waals surface area contributed by atoms with Crippen LogP contribution in [0.4, 0.5) is 0 Å². The molecule has 0 aliphatic heterocycles. The van der Waals surface area contributed by atoms with Crippen LogP contribution in [0.5, 0.6) is 0 Å². The van der Waals surface area contributed by atoms with E-state index in [-0.39, 0.29) is 31.1 Å². The van der Waals surface area contributed by atoms with Crippen LogP contribution in [0, 0.1) is 0 Å². The molecule has 0 radical (unpaired) electrons. The Labute approximate surface area is 442 Å². The summed E-state index contributed by atoms with van der Waals surface area (Å²) in [6.07, 6.45) is 72.9. The van der Waals surface area contributed by atoms with Crippen LogP contribution in [0.25, 0.3) is 0 Å². The second-order valence-electron chi connectivity index (χ2n) is 21.3. The third-order valence-corrected chi connectivity index (χ3v) is 14.1. The van der Waals surface area contributed by atoms with Gasteiger partial charge in [-0.15, -0.1) is 0 Å². The monoisotopic (exact) mass is 997 g/mol. The van der Waals surface area contributed by atoms with E-state index in [4.69, 9.17) is 14.2 Å². The van der Waals surface area contributed by atoms with E-state index in [1.807, 2.05) is 0 Å². The highest BCUT2D eigenvalue weighted by Crippen LogP contribution is 2.17. The van der Waals surface area contributed by atoms with E-state index in [2.05, 4.69) is 57.2 Å². The first-order valence-corrected chi connectivity index (χ1v) is 31.5. The van der Waals surface area contributed by atoms with Crippen molar-refractivity contribution in [2.45, 2.75) is 348 Å². The van der Waals surface area contributed by atoms with E-state index in [0.717, 1.165) is 70.6 Å². The Morgan fingerprint density at radius 3 is 0.831 bits per heavy atom. The molecule has 416 valence electrons. The number of rotatable bonds is 58. The van der Waals surface area contributed by atoms with Gasteiger partial charge in [0.1, 0.15) is 13.2 Å². The number of hydrogen-bond acceptors (Lipinski definition) is 6. The van der Waals surface area contributed by atoms with Crippen molar-refractivity contribution in [3.63, 3.8) is 0 Å². The molecule has 71 heavy (non-hydrogen) atoms. The molecular weight excluding hydrogens is 877 g/mol. The van der Waals surface area contributed by atoms with Crippen LogP contribution in [-0.4, -0.2) is 37.2 Å². The van der Waals surface area contributed by atoms with Gasteiger partial charge in [-0.2, -0.15) is 0 Å². The summed E-state index contributed by atoms with van der Waals surface area (Å²) in [7, 11) is 0. The molecule has 0 aliphatic rings. The van der Waals surface area contributed by atoms with Gasteiger partial charge in [0.2, 0.25) is 0 Å². The number of esters is 3. The number of carbonyl (C=O) groups is 3. The summed E-state index contributed by atoms with van der Waals surface area (Å²) < 4.78 is 16.9. The molecule has 0 N–H and O–H groups in total. The Bertz CT molecular complexity index is 1190. The van der Waals surface area contributed by atoms with Gasteiger partial charge in [0, 0.05) is 19.3 Å². The van der Waals surface area contributed by atoms with E-state index in [1.165, 1.54) is 231 Å². The van der Waals surface area contributed by atoms with E-state index in [1.54, 1.807) is 0 Å². The molecule has 0 bridgehead atoms. The van der Waals surface area contributed by atoms with Crippen molar-refractivity contribution in [1.82, 2.24) is 0 Å². The van der Waals surface area contributed by atoms with Crippen LogP contribution in [0.15, 0.2) is 36.5 Å². The Kier molecular flexibility index (Phi) is 58.2. The predicted octanol–water partition coefficient (Wildman–Crippen LogP) is 21.2. The maximum Gasteiger partial charge on any atom is 0.306 e. The number of unbranched alkanes of at least 4 members (excludes halogenated alkanes) is 41. The molecule has 0 aromatic carbocycles. The molecule has 6 nitrogen and oxygen atoms in total. The molecule has 0 fully saturated rings. The Hall–Kier alpha value is -2.37. The fraction of sp³-hybridized carbons (Fsp3) is 0.862. The topological polar surface area (TPSA) is 78.9 Å². The lowest BCUT2D eigenvalue weighted by Gasteiger charge is -2.18. The molecule has 0 amide bonds. The van der Waals surface area contributed by atoms with Crippen molar-refractivity contribution < 1.29 is 28.6 Å². The normalized spacial score (nSPS) is 12.2. The Balaban J connectivity index is 4.29. The minimum atomic E-state index is -0.775. The minimum Gasteiger partial charge on any atom is -0.462 e. The average Bonchev–Trinajstić information content (AvgIpc) is 3.37. The van der Waals surface area contributed by atoms with E-state index >= 15 is 0 Å². The van der Waals surface area contributed by atoms with Crippen molar-refractivity contribution in [3.8, 4) is 0 Å². The lowest BCUT2D eigenvalue weighted by Crippen LogP contribution is -2.30. The minimum absolute atomic E-state index is 0.0723. The zero-order valence-electron chi connectivity index (χ0n) is 47.8. The quantitative estimate of drug-likeness (QED) is 0.0261. The molecule has 0 saturated carbocycles. The van der Waals surface area contributed by atoms with Crippen molar-refractivity contribution >= 4 is 17.9 Å². The summed E-state index contributed by atoms with van der Waals surface area (Å²) >= 11 is 0. The van der Waals surface area contributed by atoms with Crippen LogP contribution in [0.2, 0.25) is 0 Å². The molecule has 0 aromatic heterocycles. The molecule has 0 heterocycles. The molecule has 0 rings (SSSR count). The summed E-state index contributed by atoms with van der Waals surface area (Å²) in [4.78, 5) is 38.3. The summed E-state index contributed by atoms with van der Waals surface area (Å²) in [5, 5.41) is 0. The van der Waals surface area contributed by atoms with Crippen LogP contribution < -0.4 is 0 Å².